The van der Waals surface area contributed by atoms with Crippen molar-refractivity contribution >= 4 is 22.9 Å². The maximum Gasteiger partial charge on any atom is 0.0931 e. The molecule has 1 aromatic heterocycles. The molecule has 0 spiro atoms. The predicted molar refractivity (Wildman–Crippen MR) is 92.8 cm³/mol. The second-order valence-electron chi connectivity index (χ2n) is 6.86. The molecule has 1 aliphatic rings. The van der Waals surface area contributed by atoms with E-state index < -0.39 is 6.10 Å². The maximum atomic E-state index is 10.1. The number of nitrogens with zero attached hydrogens (tertiary/aromatic N) is 2. The molecule has 0 saturated carbocycles. The molecule has 0 amide bonds. The number of β-amino-alcohol motifs (C(OH)–C–C–N with tert-alkyl or cyclic N) is 1. The molecule has 2 rings (SSSR count). The van der Waals surface area contributed by atoms with E-state index >= 15 is 0 Å². The minimum Gasteiger partial charge on any atom is -0.389 e. The lowest BCUT2D eigenvalue weighted by molar-refractivity contribution is -0.0587. The highest BCUT2D eigenvalue weighted by atomic mass is 35.5. The van der Waals surface area contributed by atoms with Gasteiger partial charge >= 0.3 is 0 Å². The molecule has 6 heteroatoms. The van der Waals surface area contributed by atoms with Crippen LogP contribution in [0.3, 0.4) is 0 Å². The van der Waals surface area contributed by atoms with Gasteiger partial charge in [-0.1, -0.05) is 11.6 Å². The van der Waals surface area contributed by atoms with E-state index in [0.717, 1.165) is 37.1 Å². The van der Waals surface area contributed by atoms with Crippen molar-refractivity contribution < 1.29 is 9.84 Å². The minimum atomic E-state index is -0.415. The number of halogens is 1. The van der Waals surface area contributed by atoms with Crippen LogP contribution in [-0.4, -0.2) is 65.9 Å². The van der Waals surface area contributed by atoms with Gasteiger partial charge in [0, 0.05) is 44.1 Å². The van der Waals surface area contributed by atoms with Gasteiger partial charge < -0.3 is 9.84 Å². The molecule has 1 saturated heterocycles. The van der Waals surface area contributed by atoms with E-state index in [9.17, 15) is 5.11 Å². The highest BCUT2D eigenvalue weighted by Gasteiger charge is 2.21. The van der Waals surface area contributed by atoms with Crippen molar-refractivity contribution in [3.05, 3.63) is 21.3 Å². The summed E-state index contributed by atoms with van der Waals surface area (Å²) in [7, 11) is 0. The number of piperazine rings is 1. The first kappa shape index (κ1) is 18.2. The van der Waals surface area contributed by atoms with Crippen LogP contribution in [0.4, 0.5) is 0 Å². The van der Waals surface area contributed by atoms with Crippen LogP contribution in [0.25, 0.3) is 0 Å². The van der Waals surface area contributed by atoms with Crippen molar-refractivity contribution in [3.63, 3.8) is 0 Å². The predicted octanol–water partition coefficient (Wildman–Crippen LogP) is 2.70. The Morgan fingerprint density at radius 3 is 2.41 bits per heavy atom. The summed E-state index contributed by atoms with van der Waals surface area (Å²) in [5.74, 6) is 0. The molecule has 1 N–H and O–H groups in total. The first-order valence-electron chi connectivity index (χ1n) is 7.83. The Morgan fingerprint density at radius 1 is 1.23 bits per heavy atom. The van der Waals surface area contributed by atoms with Crippen molar-refractivity contribution in [3.8, 4) is 0 Å². The van der Waals surface area contributed by atoms with Crippen LogP contribution in [0, 0.1) is 0 Å². The molecule has 126 valence electrons. The maximum absolute atomic E-state index is 10.1. The molecule has 0 radical (unpaired) electrons. The molecular weight excluding hydrogens is 320 g/mol. The molecule has 1 unspecified atom stereocenters. The highest BCUT2D eigenvalue weighted by Crippen LogP contribution is 2.23. The topological polar surface area (TPSA) is 35.9 Å². The van der Waals surface area contributed by atoms with Crippen LogP contribution in [-0.2, 0) is 11.3 Å². The van der Waals surface area contributed by atoms with Crippen molar-refractivity contribution in [2.24, 2.45) is 0 Å². The number of hydrogen-bond donors (Lipinski definition) is 1. The van der Waals surface area contributed by atoms with Gasteiger partial charge in [0.05, 0.1) is 22.6 Å². The van der Waals surface area contributed by atoms with Crippen molar-refractivity contribution in [2.75, 3.05) is 39.3 Å². The Balaban J connectivity index is 1.66. The quantitative estimate of drug-likeness (QED) is 0.859. The van der Waals surface area contributed by atoms with E-state index in [2.05, 4.69) is 15.9 Å². The van der Waals surface area contributed by atoms with Gasteiger partial charge in [-0.05, 0) is 32.9 Å². The first-order valence-corrected chi connectivity index (χ1v) is 9.02. The van der Waals surface area contributed by atoms with E-state index in [1.807, 2.05) is 26.8 Å². The van der Waals surface area contributed by atoms with E-state index in [1.165, 1.54) is 4.88 Å². The summed E-state index contributed by atoms with van der Waals surface area (Å²) in [5.41, 5.74) is -0.193. The standard InChI is InChI=1S/C16H27ClN2O2S/c1-16(2,3)21-12-13(20)10-18-6-8-19(9-7-18)11-14-4-5-15(17)22-14/h4-5,13,20H,6-12H2,1-3H3. The normalized spacial score (nSPS) is 19.5. The summed E-state index contributed by atoms with van der Waals surface area (Å²) >= 11 is 7.63. The molecule has 22 heavy (non-hydrogen) atoms. The summed E-state index contributed by atoms with van der Waals surface area (Å²) in [6.45, 7) is 12.1. The number of rotatable bonds is 6. The number of thiophene rings is 1. The zero-order chi connectivity index (χ0) is 16.2. The molecule has 2 heterocycles. The third-order valence-electron chi connectivity index (χ3n) is 3.65. The molecule has 1 atom stereocenters. The summed E-state index contributed by atoms with van der Waals surface area (Å²) in [6, 6.07) is 4.07. The monoisotopic (exact) mass is 346 g/mol. The van der Waals surface area contributed by atoms with Gasteiger partial charge in [-0.2, -0.15) is 0 Å². The van der Waals surface area contributed by atoms with E-state index in [0.29, 0.717) is 13.2 Å². The fraction of sp³-hybridized carbons (Fsp3) is 0.750. The summed E-state index contributed by atoms with van der Waals surface area (Å²) in [6.07, 6.45) is -0.415. The third-order valence-corrected chi connectivity index (χ3v) is 4.87. The average Bonchev–Trinajstić information content (AvgIpc) is 2.83. The lowest BCUT2D eigenvalue weighted by atomic mass is 10.2. The van der Waals surface area contributed by atoms with Gasteiger partial charge in [0.2, 0.25) is 0 Å². The molecule has 1 fully saturated rings. The SMILES string of the molecule is CC(C)(C)OCC(O)CN1CCN(Cc2ccc(Cl)s2)CC1. The smallest absolute Gasteiger partial charge is 0.0931 e. The molecule has 0 aliphatic carbocycles. The Kier molecular flexibility index (Phi) is 6.68. The lowest BCUT2D eigenvalue weighted by Crippen LogP contribution is -2.48. The van der Waals surface area contributed by atoms with Crippen molar-refractivity contribution in [1.82, 2.24) is 9.80 Å². The number of aliphatic hydroxyl groups is 1. The van der Waals surface area contributed by atoms with Crippen LogP contribution >= 0.6 is 22.9 Å². The van der Waals surface area contributed by atoms with E-state index in [-0.39, 0.29) is 5.60 Å². The fourth-order valence-electron chi connectivity index (χ4n) is 2.48. The van der Waals surface area contributed by atoms with E-state index in [1.54, 1.807) is 11.3 Å². The highest BCUT2D eigenvalue weighted by molar-refractivity contribution is 7.16. The zero-order valence-corrected chi connectivity index (χ0v) is 15.3. The second kappa shape index (κ2) is 8.08. The molecule has 1 aromatic rings. The van der Waals surface area contributed by atoms with Crippen LogP contribution in [0.5, 0.6) is 0 Å². The van der Waals surface area contributed by atoms with Gasteiger partial charge in [-0.3, -0.25) is 9.80 Å². The van der Waals surface area contributed by atoms with Gasteiger partial charge in [-0.15, -0.1) is 11.3 Å². The third kappa shape index (κ3) is 6.52. The van der Waals surface area contributed by atoms with Crippen LogP contribution in [0.2, 0.25) is 4.34 Å². The molecule has 4 nitrogen and oxygen atoms in total. The molecule has 0 aromatic carbocycles. The zero-order valence-electron chi connectivity index (χ0n) is 13.7. The van der Waals surface area contributed by atoms with Gasteiger partial charge in [0.25, 0.3) is 0 Å². The van der Waals surface area contributed by atoms with Crippen molar-refractivity contribution in [1.29, 1.82) is 0 Å². The second-order valence-corrected chi connectivity index (χ2v) is 8.66. The Hall–Kier alpha value is -0.170. The largest absolute Gasteiger partial charge is 0.389 e. The summed E-state index contributed by atoms with van der Waals surface area (Å²) < 4.78 is 6.49. The molecular formula is C16H27ClN2O2S. The number of aliphatic hydroxyl groups excluding tert-OH is 1. The fourth-order valence-corrected chi connectivity index (χ4v) is 3.61. The van der Waals surface area contributed by atoms with Gasteiger partial charge in [-0.25, -0.2) is 0 Å². The van der Waals surface area contributed by atoms with Crippen LogP contribution < -0.4 is 0 Å². The van der Waals surface area contributed by atoms with Crippen LogP contribution in [0.15, 0.2) is 12.1 Å². The number of ether oxygens (including phenoxy) is 1. The lowest BCUT2D eigenvalue weighted by Gasteiger charge is -2.35. The average molecular weight is 347 g/mol. The molecule has 0 bridgehead atoms. The van der Waals surface area contributed by atoms with Gasteiger partial charge in [0.1, 0.15) is 0 Å². The Bertz CT molecular complexity index is 453. The molecule has 1 aliphatic heterocycles. The Labute approximate surface area is 142 Å². The van der Waals surface area contributed by atoms with Crippen molar-refractivity contribution in [2.45, 2.75) is 39.0 Å². The first-order chi connectivity index (χ1) is 10.3. The minimum absolute atomic E-state index is 0.193. The Morgan fingerprint density at radius 2 is 1.86 bits per heavy atom. The van der Waals surface area contributed by atoms with Gasteiger partial charge in [0.15, 0.2) is 0 Å². The summed E-state index contributed by atoms with van der Waals surface area (Å²) in [4.78, 5) is 6.07. The van der Waals surface area contributed by atoms with Crippen LogP contribution in [0.1, 0.15) is 25.6 Å². The summed E-state index contributed by atoms with van der Waals surface area (Å²) in [5, 5.41) is 10.1. The number of hydrogen-bond acceptors (Lipinski definition) is 5. The van der Waals surface area contributed by atoms with E-state index in [4.69, 9.17) is 16.3 Å².